The van der Waals surface area contributed by atoms with Crippen LogP contribution in [0.2, 0.25) is 0 Å². The highest BCUT2D eigenvalue weighted by Crippen LogP contribution is 2.26. The minimum absolute atomic E-state index is 0.00469. The molecule has 148 valence electrons. The van der Waals surface area contributed by atoms with Crippen molar-refractivity contribution >= 4 is 29.3 Å². The van der Waals surface area contributed by atoms with Gasteiger partial charge in [0.15, 0.2) is 0 Å². The fourth-order valence-electron chi connectivity index (χ4n) is 3.59. The topological polar surface area (TPSA) is 71.5 Å². The summed E-state index contributed by atoms with van der Waals surface area (Å²) < 4.78 is 5.29. The molecule has 6 heteroatoms. The summed E-state index contributed by atoms with van der Waals surface area (Å²) >= 11 is 0. The van der Waals surface area contributed by atoms with Crippen molar-refractivity contribution in [2.75, 3.05) is 25.5 Å². The second-order valence-corrected chi connectivity index (χ2v) is 7.15. The first-order chi connectivity index (χ1) is 14.1. The Morgan fingerprint density at radius 1 is 1.24 bits per heavy atom. The number of rotatable bonds is 4. The lowest BCUT2D eigenvalue weighted by Gasteiger charge is -2.25. The number of anilines is 1. The van der Waals surface area contributed by atoms with E-state index in [-0.39, 0.29) is 11.8 Å². The van der Waals surface area contributed by atoms with Crippen LogP contribution in [0.25, 0.3) is 11.6 Å². The van der Waals surface area contributed by atoms with E-state index in [1.54, 1.807) is 25.5 Å². The summed E-state index contributed by atoms with van der Waals surface area (Å²) in [5, 5.41) is 2.76. The summed E-state index contributed by atoms with van der Waals surface area (Å²) in [5.41, 5.74) is 4.23. The Balaban J connectivity index is 1.39. The molecule has 29 heavy (non-hydrogen) atoms. The highest BCUT2D eigenvalue weighted by Gasteiger charge is 2.17. The number of carbonyl (C=O) groups excluding carboxylic acids is 2. The van der Waals surface area contributed by atoms with Gasteiger partial charge in [0.25, 0.3) is 0 Å². The molecule has 2 aromatic rings. The van der Waals surface area contributed by atoms with Crippen LogP contribution in [-0.2, 0) is 16.0 Å². The number of carbonyl (C=O) groups is 2. The van der Waals surface area contributed by atoms with Crippen LogP contribution in [0.15, 0.2) is 48.7 Å². The van der Waals surface area contributed by atoms with E-state index in [1.807, 2.05) is 29.2 Å². The van der Waals surface area contributed by atoms with Crippen LogP contribution in [0, 0.1) is 0 Å². The van der Waals surface area contributed by atoms with Gasteiger partial charge in [0.2, 0.25) is 11.8 Å². The zero-order chi connectivity index (χ0) is 20.2. The zero-order valence-corrected chi connectivity index (χ0v) is 16.4. The van der Waals surface area contributed by atoms with Crippen molar-refractivity contribution < 1.29 is 14.3 Å². The predicted molar refractivity (Wildman–Crippen MR) is 112 cm³/mol. The molecular formula is C23H23N3O3. The predicted octanol–water partition coefficient (Wildman–Crippen LogP) is 3.30. The van der Waals surface area contributed by atoms with Gasteiger partial charge in [-0.2, -0.15) is 0 Å². The van der Waals surface area contributed by atoms with Gasteiger partial charge in [-0.25, -0.2) is 4.98 Å². The molecule has 0 bridgehead atoms. The first kappa shape index (κ1) is 18.9. The Hall–Kier alpha value is -3.41. The standard InChI is InChI=1S/C23H23N3O3/c1-29-20-4-2-3-18(14-20)17-9-11-26(12-10-17)22(28)8-5-16-13-19-6-7-21(27)25-23(19)24-15-16/h2-5,8-9,13-15H,6-7,10-12H2,1H3,(H,24,25,27)/b8-5+. The number of pyridine rings is 1. The molecule has 4 rings (SSSR count). The second-order valence-electron chi connectivity index (χ2n) is 7.15. The molecule has 0 spiro atoms. The molecule has 0 saturated heterocycles. The van der Waals surface area contributed by atoms with Gasteiger partial charge in [0.05, 0.1) is 7.11 Å². The molecule has 1 N–H and O–H groups in total. The maximum absolute atomic E-state index is 12.6. The van der Waals surface area contributed by atoms with Crippen LogP contribution in [0.5, 0.6) is 5.75 Å². The van der Waals surface area contributed by atoms with Crippen LogP contribution >= 0.6 is 0 Å². The van der Waals surface area contributed by atoms with Gasteiger partial charge in [-0.1, -0.05) is 18.2 Å². The highest BCUT2D eigenvalue weighted by atomic mass is 16.5. The first-order valence-corrected chi connectivity index (χ1v) is 9.71. The Bertz CT molecular complexity index is 1010. The van der Waals surface area contributed by atoms with E-state index in [2.05, 4.69) is 22.4 Å². The van der Waals surface area contributed by atoms with Crippen LogP contribution in [0.4, 0.5) is 5.82 Å². The van der Waals surface area contributed by atoms with Crippen LogP contribution in [-0.4, -0.2) is 41.9 Å². The molecule has 0 saturated carbocycles. The zero-order valence-electron chi connectivity index (χ0n) is 16.4. The normalized spacial score (nSPS) is 16.2. The summed E-state index contributed by atoms with van der Waals surface area (Å²) in [6, 6.07) is 9.97. The molecular weight excluding hydrogens is 366 g/mol. The summed E-state index contributed by atoms with van der Waals surface area (Å²) in [7, 11) is 1.66. The summed E-state index contributed by atoms with van der Waals surface area (Å²) in [4.78, 5) is 30.1. The molecule has 0 atom stereocenters. The first-order valence-electron chi connectivity index (χ1n) is 9.71. The molecule has 1 aromatic carbocycles. The lowest BCUT2D eigenvalue weighted by atomic mass is 9.99. The molecule has 0 radical (unpaired) electrons. The van der Waals surface area contributed by atoms with Crippen molar-refractivity contribution in [3.63, 3.8) is 0 Å². The minimum Gasteiger partial charge on any atom is -0.497 e. The third-order valence-electron chi connectivity index (χ3n) is 5.25. The quantitative estimate of drug-likeness (QED) is 0.815. The lowest BCUT2D eigenvalue weighted by Crippen LogP contribution is -2.33. The number of fused-ring (bicyclic) bond motifs is 1. The maximum Gasteiger partial charge on any atom is 0.246 e. The molecule has 0 fully saturated rings. The van der Waals surface area contributed by atoms with Crippen molar-refractivity contribution in [1.82, 2.24) is 9.88 Å². The van der Waals surface area contributed by atoms with E-state index < -0.39 is 0 Å². The third kappa shape index (κ3) is 4.37. The van der Waals surface area contributed by atoms with Crippen molar-refractivity contribution in [2.45, 2.75) is 19.3 Å². The molecule has 2 amide bonds. The average Bonchev–Trinajstić information content (AvgIpc) is 2.77. The largest absolute Gasteiger partial charge is 0.497 e. The molecule has 3 heterocycles. The van der Waals surface area contributed by atoms with Crippen molar-refractivity contribution in [1.29, 1.82) is 0 Å². The monoisotopic (exact) mass is 389 g/mol. The smallest absolute Gasteiger partial charge is 0.246 e. The van der Waals surface area contributed by atoms with Gasteiger partial charge in [0.1, 0.15) is 11.6 Å². The Labute approximate surface area is 169 Å². The number of nitrogens with zero attached hydrogens (tertiary/aromatic N) is 2. The minimum atomic E-state index is -0.0167. The Morgan fingerprint density at radius 3 is 2.93 bits per heavy atom. The molecule has 0 unspecified atom stereocenters. The summed E-state index contributed by atoms with van der Waals surface area (Å²) in [6.45, 7) is 1.27. The van der Waals surface area contributed by atoms with E-state index in [4.69, 9.17) is 4.74 Å². The Morgan fingerprint density at radius 2 is 2.14 bits per heavy atom. The third-order valence-corrected chi connectivity index (χ3v) is 5.25. The average molecular weight is 389 g/mol. The van der Waals surface area contributed by atoms with Gasteiger partial charge in [-0.05, 0) is 59.4 Å². The number of aromatic nitrogens is 1. The number of methoxy groups -OCH3 is 1. The molecule has 1 aromatic heterocycles. The number of hydrogen-bond acceptors (Lipinski definition) is 4. The summed E-state index contributed by atoms with van der Waals surface area (Å²) in [5.74, 6) is 1.44. The van der Waals surface area contributed by atoms with Gasteiger partial charge in [0, 0.05) is 31.8 Å². The molecule has 6 nitrogen and oxygen atoms in total. The van der Waals surface area contributed by atoms with E-state index in [0.717, 1.165) is 28.9 Å². The molecule has 2 aliphatic heterocycles. The van der Waals surface area contributed by atoms with E-state index in [1.165, 1.54) is 5.57 Å². The van der Waals surface area contributed by atoms with Crippen LogP contribution in [0.1, 0.15) is 29.5 Å². The SMILES string of the molecule is COc1cccc(C2=CCN(C(=O)/C=C/c3cnc4c(c3)CCC(=O)N4)CC2)c1. The Kier molecular flexibility index (Phi) is 5.42. The molecule has 0 aliphatic carbocycles. The van der Waals surface area contributed by atoms with Gasteiger partial charge in [-0.3, -0.25) is 9.59 Å². The van der Waals surface area contributed by atoms with E-state index >= 15 is 0 Å². The maximum atomic E-state index is 12.6. The van der Waals surface area contributed by atoms with Crippen molar-refractivity contribution in [2.24, 2.45) is 0 Å². The van der Waals surface area contributed by atoms with Crippen molar-refractivity contribution in [3.05, 3.63) is 65.4 Å². The molecule has 2 aliphatic rings. The lowest BCUT2D eigenvalue weighted by molar-refractivity contribution is -0.125. The van der Waals surface area contributed by atoms with Crippen molar-refractivity contribution in [3.8, 4) is 5.75 Å². The fourth-order valence-corrected chi connectivity index (χ4v) is 3.59. The second kappa shape index (κ2) is 8.31. The van der Waals surface area contributed by atoms with E-state index in [0.29, 0.717) is 31.7 Å². The van der Waals surface area contributed by atoms with Crippen LogP contribution < -0.4 is 10.1 Å². The number of hydrogen-bond donors (Lipinski definition) is 1. The number of nitrogens with one attached hydrogen (secondary N) is 1. The number of benzene rings is 1. The van der Waals surface area contributed by atoms with Crippen LogP contribution in [0.3, 0.4) is 0 Å². The van der Waals surface area contributed by atoms with Gasteiger partial charge < -0.3 is 15.0 Å². The number of aryl methyl sites for hydroxylation is 1. The van der Waals surface area contributed by atoms with E-state index in [9.17, 15) is 9.59 Å². The summed E-state index contributed by atoms with van der Waals surface area (Å²) in [6.07, 6.45) is 9.11. The highest BCUT2D eigenvalue weighted by molar-refractivity contribution is 5.94. The van der Waals surface area contributed by atoms with Gasteiger partial charge >= 0.3 is 0 Å². The van der Waals surface area contributed by atoms with Gasteiger partial charge in [-0.15, -0.1) is 0 Å². The number of ether oxygens (including phenoxy) is 1. The fraction of sp³-hybridized carbons (Fsp3) is 0.261. The number of amides is 2.